The predicted octanol–water partition coefficient (Wildman–Crippen LogP) is 4.06. The van der Waals surface area contributed by atoms with Crippen LogP contribution in [0.4, 0.5) is 17.1 Å². The van der Waals surface area contributed by atoms with Gasteiger partial charge in [-0.25, -0.2) is 0 Å². The Morgan fingerprint density at radius 1 is 1.00 bits per heavy atom. The molecule has 118 valence electrons. The van der Waals surface area contributed by atoms with Gasteiger partial charge >= 0.3 is 0 Å². The quantitative estimate of drug-likeness (QED) is 0.655. The first-order chi connectivity index (χ1) is 10.8. The maximum Gasteiger partial charge on any atom is 0.289 e. The molecule has 0 aliphatic rings. The predicted molar refractivity (Wildman–Crippen MR) is 84.2 cm³/mol. The molecule has 23 heavy (non-hydrogen) atoms. The third-order valence-corrected chi connectivity index (χ3v) is 3.37. The standard InChI is InChI=1S/C13H7Cl2N3O5/c14-7-1-4-10(15)11(5-7)16-13(19)9-3-2-8(17(20)21)6-12(9)18(22)23/h1-6H,(H,16,19). The molecule has 0 atom stereocenters. The zero-order valence-corrected chi connectivity index (χ0v) is 12.7. The Labute approximate surface area is 138 Å². The summed E-state index contributed by atoms with van der Waals surface area (Å²) in [5.74, 6) is -0.837. The van der Waals surface area contributed by atoms with Crippen LogP contribution in [0.15, 0.2) is 36.4 Å². The second kappa shape index (κ2) is 6.59. The van der Waals surface area contributed by atoms with Gasteiger partial charge in [0.1, 0.15) is 5.56 Å². The lowest BCUT2D eigenvalue weighted by Crippen LogP contribution is -2.14. The number of hydrogen-bond acceptors (Lipinski definition) is 5. The van der Waals surface area contributed by atoms with Crippen LogP contribution in [0.3, 0.4) is 0 Å². The lowest BCUT2D eigenvalue weighted by Gasteiger charge is -2.08. The van der Waals surface area contributed by atoms with Gasteiger partial charge in [0.25, 0.3) is 17.3 Å². The number of nitro groups is 2. The molecule has 0 saturated carbocycles. The minimum absolute atomic E-state index is 0.164. The van der Waals surface area contributed by atoms with E-state index in [1.165, 1.54) is 18.2 Å². The summed E-state index contributed by atoms with van der Waals surface area (Å²) < 4.78 is 0. The van der Waals surface area contributed by atoms with Crippen LogP contribution >= 0.6 is 23.2 Å². The molecule has 0 aliphatic carbocycles. The zero-order chi connectivity index (χ0) is 17.1. The van der Waals surface area contributed by atoms with Crippen LogP contribution in [0.2, 0.25) is 10.0 Å². The van der Waals surface area contributed by atoms with Crippen molar-refractivity contribution >= 4 is 46.2 Å². The van der Waals surface area contributed by atoms with E-state index in [0.29, 0.717) is 11.1 Å². The van der Waals surface area contributed by atoms with Gasteiger partial charge in [0.2, 0.25) is 0 Å². The van der Waals surface area contributed by atoms with Gasteiger partial charge in [-0.2, -0.15) is 0 Å². The van der Waals surface area contributed by atoms with Crippen molar-refractivity contribution in [3.05, 3.63) is 72.2 Å². The first-order valence-corrected chi connectivity index (χ1v) is 6.74. The molecular weight excluding hydrogens is 349 g/mol. The van der Waals surface area contributed by atoms with Gasteiger partial charge in [-0.05, 0) is 24.3 Å². The molecule has 10 heteroatoms. The average molecular weight is 356 g/mol. The normalized spacial score (nSPS) is 10.2. The number of nitro benzene ring substituents is 2. The van der Waals surface area contributed by atoms with Gasteiger partial charge in [-0.3, -0.25) is 25.0 Å². The number of carbonyl (C=O) groups excluding carboxylic acids is 1. The van der Waals surface area contributed by atoms with Crippen molar-refractivity contribution in [2.45, 2.75) is 0 Å². The molecule has 8 nitrogen and oxygen atoms in total. The van der Waals surface area contributed by atoms with E-state index >= 15 is 0 Å². The third kappa shape index (κ3) is 3.74. The molecule has 0 bridgehead atoms. The van der Waals surface area contributed by atoms with Gasteiger partial charge in [-0.1, -0.05) is 23.2 Å². The molecular formula is C13H7Cl2N3O5. The van der Waals surface area contributed by atoms with Gasteiger partial charge in [-0.15, -0.1) is 0 Å². The fourth-order valence-electron chi connectivity index (χ4n) is 1.76. The van der Waals surface area contributed by atoms with Crippen LogP contribution < -0.4 is 5.32 Å². The SMILES string of the molecule is O=C(Nc1cc(Cl)ccc1Cl)c1ccc([N+](=O)[O-])cc1[N+](=O)[O-]. The lowest BCUT2D eigenvalue weighted by atomic mass is 10.1. The van der Waals surface area contributed by atoms with E-state index in [4.69, 9.17) is 23.2 Å². The Bertz CT molecular complexity index is 825. The van der Waals surface area contributed by atoms with E-state index in [9.17, 15) is 25.0 Å². The topological polar surface area (TPSA) is 115 Å². The number of non-ortho nitro benzene ring substituents is 1. The third-order valence-electron chi connectivity index (χ3n) is 2.81. The van der Waals surface area contributed by atoms with Gasteiger partial charge < -0.3 is 5.32 Å². The molecule has 0 saturated heterocycles. The van der Waals surface area contributed by atoms with Crippen LogP contribution in [-0.4, -0.2) is 15.8 Å². The number of carbonyl (C=O) groups is 1. The van der Waals surface area contributed by atoms with Crippen molar-refractivity contribution in [1.29, 1.82) is 0 Å². The summed E-state index contributed by atoms with van der Waals surface area (Å²) >= 11 is 11.7. The van der Waals surface area contributed by atoms with Crippen LogP contribution in [0.1, 0.15) is 10.4 Å². The summed E-state index contributed by atoms with van der Waals surface area (Å²) in [4.78, 5) is 32.2. The molecule has 1 N–H and O–H groups in total. The summed E-state index contributed by atoms with van der Waals surface area (Å²) in [5, 5.41) is 24.6. The number of rotatable bonds is 4. The van der Waals surface area contributed by atoms with Gasteiger partial charge in [0.05, 0.1) is 26.6 Å². The fraction of sp³-hybridized carbons (Fsp3) is 0. The Morgan fingerprint density at radius 3 is 2.30 bits per heavy atom. The molecule has 0 unspecified atom stereocenters. The number of halogens is 2. The number of hydrogen-bond donors (Lipinski definition) is 1. The van der Waals surface area contributed by atoms with Crippen molar-refractivity contribution in [1.82, 2.24) is 0 Å². The number of nitrogens with one attached hydrogen (secondary N) is 1. The fourth-order valence-corrected chi connectivity index (χ4v) is 2.10. The van der Waals surface area contributed by atoms with Crippen LogP contribution in [0, 0.1) is 20.2 Å². The van der Waals surface area contributed by atoms with Gasteiger partial charge in [0.15, 0.2) is 0 Å². The average Bonchev–Trinajstić information content (AvgIpc) is 2.50. The Hall–Kier alpha value is -2.71. The summed E-state index contributed by atoms with van der Waals surface area (Å²) in [7, 11) is 0. The van der Waals surface area contributed by atoms with Crippen molar-refractivity contribution in [2.24, 2.45) is 0 Å². The smallest absolute Gasteiger partial charge is 0.289 e. The Morgan fingerprint density at radius 2 is 1.70 bits per heavy atom. The lowest BCUT2D eigenvalue weighted by molar-refractivity contribution is -0.394. The van der Waals surface area contributed by atoms with Crippen molar-refractivity contribution in [3.63, 3.8) is 0 Å². The number of nitrogens with zero attached hydrogens (tertiary/aromatic N) is 2. The monoisotopic (exact) mass is 355 g/mol. The molecule has 0 heterocycles. The van der Waals surface area contributed by atoms with Crippen molar-refractivity contribution in [3.8, 4) is 0 Å². The first kappa shape index (κ1) is 16.7. The van der Waals surface area contributed by atoms with E-state index in [-0.39, 0.29) is 16.3 Å². The van der Waals surface area contributed by atoms with E-state index in [0.717, 1.165) is 12.1 Å². The zero-order valence-electron chi connectivity index (χ0n) is 11.2. The van der Waals surface area contributed by atoms with Crippen LogP contribution in [0.25, 0.3) is 0 Å². The molecule has 0 aromatic heterocycles. The summed E-state index contributed by atoms with van der Waals surface area (Å²) in [5.41, 5.74) is -1.35. The summed E-state index contributed by atoms with van der Waals surface area (Å²) in [6, 6.07) is 7.05. The number of benzene rings is 2. The summed E-state index contributed by atoms with van der Waals surface area (Å²) in [6.07, 6.45) is 0. The summed E-state index contributed by atoms with van der Waals surface area (Å²) in [6.45, 7) is 0. The van der Waals surface area contributed by atoms with Gasteiger partial charge in [0, 0.05) is 11.1 Å². The maximum atomic E-state index is 12.2. The molecule has 2 rings (SSSR count). The highest BCUT2D eigenvalue weighted by molar-refractivity contribution is 6.36. The maximum absolute atomic E-state index is 12.2. The minimum Gasteiger partial charge on any atom is -0.320 e. The van der Waals surface area contributed by atoms with E-state index in [1.807, 2.05) is 0 Å². The molecule has 0 radical (unpaired) electrons. The molecule has 2 aromatic carbocycles. The number of anilines is 1. The highest BCUT2D eigenvalue weighted by atomic mass is 35.5. The first-order valence-electron chi connectivity index (χ1n) is 5.99. The van der Waals surface area contributed by atoms with E-state index < -0.39 is 27.1 Å². The highest BCUT2D eigenvalue weighted by Crippen LogP contribution is 2.28. The van der Waals surface area contributed by atoms with E-state index in [1.54, 1.807) is 0 Å². The van der Waals surface area contributed by atoms with Crippen molar-refractivity contribution in [2.75, 3.05) is 5.32 Å². The molecule has 1 amide bonds. The largest absolute Gasteiger partial charge is 0.320 e. The minimum atomic E-state index is -0.874. The number of amides is 1. The highest BCUT2D eigenvalue weighted by Gasteiger charge is 2.24. The molecule has 0 fully saturated rings. The molecule has 2 aromatic rings. The molecule has 0 spiro atoms. The Kier molecular flexibility index (Phi) is 4.77. The molecule has 0 aliphatic heterocycles. The van der Waals surface area contributed by atoms with E-state index in [2.05, 4.69) is 5.32 Å². The van der Waals surface area contributed by atoms with Crippen LogP contribution in [0.5, 0.6) is 0 Å². The Balaban J connectivity index is 2.41. The van der Waals surface area contributed by atoms with Crippen LogP contribution in [-0.2, 0) is 0 Å². The second-order valence-electron chi connectivity index (χ2n) is 4.29. The van der Waals surface area contributed by atoms with Crippen molar-refractivity contribution < 1.29 is 14.6 Å². The second-order valence-corrected chi connectivity index (χ2v) is 5.14.